The van der Waals surface area contributed by atoms with Crippen LogP contribution in [0.15, 0.2) is 6.07 Å². The van der Waals surface area contributed by atoms with Crippen molar-refractivity contribution >= 4 is 28.6 Å². The molecule has 0 bridgehead atoms. The number of rotatable bonds is 2. The third kappa shape index (κ3) is 1.69. The fourth-order valence-electron chi connectivity index (χ4n) is 0.966. The van der Waals surface area contributed by atoms with E-state index in [0.717, 1.165) is 6.07 Å². The Labute approximate surface area is 93.1 Å². The van der Waals surface area contributed by atoms with E-state index < -0.39 is 11.7 Å². The molecule has 0 unspecified atom stereocenters. The molecule has 0 aliphatic carbocycles. The molecule has 76 valence electrons. The first kappa shape index (κ1) is 10.9. The molecule has 0 spiro atoms. The molecule has 14 heavy (non-hydrogen) atoms. The number of hydrogen-bond donors (Lipinski definition) is 3. The Morgan fingerprint density at radius 3 is 2.50 bits per heavy atom. The molecule has 0 atom stereocenters. The van der Waals surface area contributed by atoms with Crippen molar-refractivity contribution < 1.29 is 24.9 Å². The summed E-state index contributed by atoms with van der Waals surface area (Å²) in [6, 6.07) is 0.943. The molecule has 0 aromatic heterocycles. The minimum atomic E-state index is -1.31. The molecule has 0 aliphatic heterocycles. The minimum absolute atomic E-state index is 0.0631. The van der Waals surface area contributed by atoms with E-state index in [1.807, 2.05) is 0 Å². The molecule has 3 N–H and O–H groups in total. The van der Waals surface area contributed by atoms with Crippen LogP contribution in [0.25, 0.3) is 0 Å². The Hall–Kier alpha value is -1.18. The summed E-state index contributed by atoms with van der Waals surface area (Å²) in [5.74, 6) is -1.97. The topological polar surface area (TPSA) is 87.0 Å². The van der Waals surface area contributed by atoms with Crippen molar-refractivity contribution in [3.8, 4) is 17.2 Å². The first-order chi connectivity index (χ1) is 6.49. The predicted molar refractivity (Wildman–Crippen MR) is 56.0 cm³/mol. The summed E-state index contributed by atoms with van der Waals surface area (Å²) in [4.78, 5) is 10.6. The fourth-order valence-corrected chi connectivity index (χ4v) is 1.75. The Morgan fingerprint density at radius 1 is 1.50 bits per heavy atom. The number of carboxylic acids is 1. The van der Waals surface area contributed by atoms with Crippen LogP contribution in [0.4, 0.5) is 0 Å². The Bertz CT molecular complexity index is 388. The zero-order valence-corrected chi connectivity index (χ0v) is 9.27. The molecule has 1 aromatic rings. The van der Waals surface area contributed by atoms with Crippen LogP contribution in [-0.2, 0) is 0 Å². The summed E-state index contributed by atoms with van der Waals surface area (Å²) in [5, 5.41) is 27.4. The quantitative estimate of drug-likeness (QED) is 0.568. The van der Waals surface area contributed by atoms with Gasteiger partial charge in [0.1, 0.15) is 14.9 Å². The molecular formula is C8H7IO5. The SMILES string of the molecule is COc1c(O)cc(C(=O)O)c(O)c1I. The van der Waals surface area contributed by atoms with Crippen molar-refractivity contribution in [2.24, 2.45) is 0 Å². The number of carboxylic acid groups (broad SMARTS) is 1. The van der Waals surface area contributed by atoms with Gasteiger partial charge in [-0.3, -0.25) is 0 Å². The summed E-state index contributed by atoms with van der Waals surface area (Å²) in [6.45, 7) is 0. The molecule has 0 radical (unpaired) electrons. The molecule has 0 heterocycles. The Morgan fingerprint density at radius 2 is 2.07 bits per heavy atom. The second-order valence-corrected chi connectivity index (χ2v) is 3.52. The lowest BCUT2D eigenvalue weighted by Crippen LogP contribution is -1.99. The smallest absolute Gasteiger partial charge is 0.339 e. The average molecular weight is 310 g/mol. The van der Waals surface area contributed by atoms with Gasteiger partial charge in [0.05, 0.1) is 7.11 Å². The van der Waals surface area contributed by atoms with Crippen LogP contribution in [0.2, 0.25) is 0 Å². The van der Waals surface area contributed by atoms with Gasteiger partial charge >= 0.3 is 5.97 Å². The van der Waals surface area contributed by atoms with Gasteiger partial charge in [0.2, 0.25) is 0 Å². The van der Waals surface area contributed by atoms with E-state index in [-0.39, 0.29) is 20.6 Å². The third-order valence-electron chi connectivity index (χ3n) is 1.61. The first-order valence-corrected chi connectivity index (χ1v) is 4.58. The van der Waals surface area contributed by atoms with E-state index in [2.05, 4.69) is 0 Å². The third-order valence-corrected chi connectivity index (χ3v) is 2.61. The average Bonchev–Trinajstić information content (AvgIpc) is 2.12. The van der Waals surface area contributed by atoms with E-state index in [9.17, 15) is 15.0 Å². The molecule has 6 heteroatoms. The summed E-state index contributed by atoms with van der Waals surface area (Å²) in [6.07, 6.45) is 0. The molecule has 1 rings (SSSR count). The van der Waals surface area contributed by atoms with Crippen LogP contribution < -0.4 is 4.74 Å². The maximum atomic E-state index is 10.6. The highest BCUT2D eigenvalue weighted by atomic mass is 127. The highest BCUT2D eigenvalue weighted by molar-refractivity contribution is 14.1. The van der Waals surface area contributed by atoms with E-state index in [1.165, 1.54) is 7.11 Å². The number of methoxy groups -OCH3 is 1. The summed E-state index contributed by atoms with van der Waals surface area (Å²) >= 11 is 1.69. The highest BCUT2D eigenvalue weighted by Crippen LogP contribution is 2.39. The van der Waals surface area contributed by atoms with Gasteiger partial charge in [0.25, 0.3) is 0 Å². The fraction of sp³-hybridized carbons (Fsp3) is 0.125. The van der Waals surface area contributed by atoms with Crippen molar-refractivity contribution in [2.45, 2.75) is 0 Å². The largest absolute Gasteiger partial charge is 0.506 e. The summed E-state index contributed by atoms with van der Waals surface area (Å²) < 4.78 is 4.95. The van der Waals surface area contributed by atoms with Gasteiger partial charge in [-0.05, 0) is 22.6 Å². The van der Waals surface area contributed by atoms with Crippen LogP contribution >= 0.6 is 22.6 Å². The summed E-state index contributed by atoms with van der Waals surface area (Å²) in [7, 11) is 1.32. The molecular weight excluding hydrogens is 303 g/mol. The van der Waals surface area contributed by atoms with Gasteiger partial charge in [0.15, 0.2) is 11.5 Å². The lowest BCUT2D eigenvalue weighted by molar-refractivity contribution is 0.0693. The van der Waals surface area contributed by atoms with Gasteiger partial charge < -0.3 is 20.1 Å². The zero-order valence-electron chi connectivity index (χ0n) is 7.11. The number of aromatic carboxylic acids is 1. The van der Waals surface area contributed by atoms with Crippen LogP contribution in [0, 0.1) is 3.57 Å². The van der Waals surface area contributed by atoms with E-state index in [4.69, 9.17) is 9.84 Å². The first-order valence-electron chi connectivity index (χ1n) is 3.50. The molecule has 1 aromatic carbocycles. The molecule has 0 fully saturated rings. The number of ether oxygens (including phenoxy) is 1. The maximum absolute atomic E-state index is 10.6. The van der Waals surface area contributed by atoms with Gasteiger partial charge in [0, 0.05) is 6.07 Å². The van der Waals surface area contributed by atoms with Crippen LogP contribution in [0.1, 0.15) is 10.4 Å². The van der Waals surface area contributed by atoms with Gasteiger partial charge in [-0.15, -0.1) is 0 Å². The van der Waals surface area contributed by atoms with E-state index >= 15 is 0 Å². The lowest BCUT2D eigenvalue weighted by Gasteiger charge is -2.09. The van der Waals surface area contributed by atoms with Crippen LogP contribution in [0.3, 0.4) is 0 Å². The lowest BCUT2D eigenvalue weighted by atomic mass is 10.2. The van der Waals surface area contributed by atoms with Crippen molar-refractivity contribution in [1.82, 2.24) is 0 Å². The monoisotopic (exact) mass is 310 g/mol. The van der Waals surface area contributed by atoms with Crippen molar-refractivity contribution in [3.05, 3.63) is 15.2 Å². The van der Waals surface area contributed by atoms with Gasteiger partial charge in [-0.25, -0.2) is 4.79 Å². The zero-order chi connectivity index (χ0) is 10.9. The standard InChI is InChI=1S/C8H7IO5/c1-14-7-4(10)2-3(8(12)13)6(11)5(7)9/h2,10-11H,1H3,(H,12,13). The van der Waals surface area contributed by atoms with Crippen molar-refractivity contribution in [3.63, 3.8) is 0 Å². The van der Waals surface area contributed by atoms with E-state index in [0.29, 0.717) is 0 Å². The number of phenolic OH excluding ortho intramolecular Hbond substituents is 1. The maximum Gasteiger partial charge on any atom is 0.339 e. The second kappa shape index (κ2) is 3.91. The van der Waals surface area contributed by atoms with Crippen molar-refractivity contribution in [2.75, 3.05) is 7.11 Å². The number of phenols is 2. The van der Waals surface area contributed by atoms with Gasteiger partial charge in [-0.1, -0.05) is 0 Å². The number of benzene rings is 1. The van der Waals surface area contributed by atoms with E-state index in [1.54, 1.807) is 22.6 Å². The second-order valence-electron chi connectivity index (χ2n) is 2.44. The number of aromatic hydroxyl groups is 2. The molecule has 0 saturated carbocycles. The van der Waals surface area contributed by atoms with Gasteiger partial charge in [-0.2, -0.15) is 0 Å². The minimum Gasteiger partial charge on any atom is -0.506 e. The predicted octanol–water partition coefficient (Wildman–Crippen LogP) is 1.41. The number of hydrogen-bond acceptors (Lipinski definition) is 4. The normalized spacial score (nSPS) is 9.86. The number of carbonyl (C=O) groups is 1. The Kier molecular flexibility index (Phi) is 3.04. The molecule has 0 aliphatic rings. The number of halogens is 1. The molecule has 5 nitrogen and oxygen atoms in total. The Balaban J connectivity index is 3.47. The highest BCUT2D eigenvalue weighted by Gasteiger charge is 2.19. The van der Waals surface area contributed by atoms with Crippen molar-refractivity contribution in [1.29, 1.82) is 0 Å². The van der Waals surface area contributed by atoms with Crippen LogP contribution in [-0.4, -0.2) is 28.4 Å². The molecule has 0 amide bonds. The van der Waals surface area contributed by atoms with Crippen LogP contribution in [0.5, 0.6) is 17.2 Å². The summed E-state index contributed by atoms with van der Waals surface area (Å²) in [5.41, 5.74) is -0.354. The molecule has 0 saturated heterocycles.